The van der Waals surface area contributed by atoms with Crippen LogP contribution in [0.25, 0.3) is 0 Å². The van der Waals surface area contributed by atoms with Crippen molar-refractivity contribution < 1.29 is 17.9 Å². The van der Waals surface area contributed by atoms with Crippen molar-refractivity contribution in [2.24, 2.45) is 5.92 Å². The summed E-state index contributed by atoms with van der Waals surface area (Å²) >= 11 is 0. The van der Waals surface area contributed by atoms with E-state index in [0.29, 0.717) is 19.7 Å². The van der Waals surface area contributed by atoms with Crippen LogP contribution in [0.15, 0.2) is 0 Å². The van der Waals surface area contributed by atoms with Gasteiger partial charge in [0, 0.05) is 13.1 Å². The van der Waals surface area contributed by atoms with Crippen molar-refractivity contribution in [2.45, 2.75) is 38.9 Å². The SMILES string of the molecule is CCOC(=O)[C@@H]1CCCN(CCS(=O)(=O)C(C)C)C1. The molecule has 1 saturated heterocycles. The summed E-state index contributed by atoms with van der Waals surface area (Å²) < 4.78 is 28.6. The minimum Gasteiger partial charge on any atom is -0.466 e. The molecule has 5 nitrogen and oxygen atoms in total. The summed E-state index contributed by atoms with van der Waals surface area (Å²) in [5, 5.41) is -0.335. The Balaban J connectivity index is 2.45. The van der Waals surface area contributed by atoms with E-state index in [-0.39, 0.29) is 22.9 Å². The number of rotatable bonds is 6. The minimum atomic E-state index is -3.00. The van der Waals surface area contributed by atoms with E-state index in [1.54, 1.807) is 20.8 Å². The second kappa shape index (κ2) is 7.24. The predicted molar refractivity (Wildman–Crippen MR) is 74.7 cm³/mol. The van der Waals surface area contributed by atoms with Crippen molar-refractivity contribution in [3.8, 4) is 0 Å². The quantitative estimate of drug-likeness (QED) is 0.685. The summed E-state index contributed by atoms with van der Waals surface area (Å²) in [6, 6.07) is 0. The van der Waals surface area contributed by atoms with Gasteiger partial charge < -0.3 is 9.64 Å². The fraction of sp³-hybridized carbons (Fsp3) is 0.923. The number of piperidine rings is 1. The van der Waals surface area contributed by atoms with Crippen LogP contribution < -0.4 is 0 Å². The highest BCUT2D eigenvalue weighted by Crippen LogP contribution is 2.18. The predicted octanol–water partition coefficient (Wildman–Crippen LogP) is 1.08. The van der Waals surface area contributed by atoms with Gasteiger partial charge in [0.1, 0.15) is 0 Å². The monoisotopic (exact) mass is 291 g/mol. The van der Waals surface area contributed by atoms with E-state index >= 15 is 0 Å². The van der Waals surface area contributed by atoms with E-state index in [4.69, 9.17) is 4.74 Å². The number of ether oxygens (including phenoxy) is 1. The van der Waals surface area contributed by atoms with Gasteiger partial charge in [0.15, 0.2) is 9.84 Å². The molecule has 1 fully saturated rings. The average molecular weight is 291 g/mol. The number of nitrogens with zero attached hydrogens (tertiary/aromatic N) is 1. The number of hydrogen-bond donors (Lipinski definition) is 0. The Kier molecular flexibility index (Phi) is 6.26. The molecule has 0 aliphatic carbocycles. The Hall–Kier alpha value is -0.620. The van der Waals surface area contributed by atoms with E-state index in [0.717, 1.165) is 19.4 Å². The van der Waals surface area contributed by atoms with E-state index in [1.807, 2.05) is 0 Å². The van der Waals surface area contributed by atoms with E-state index in [9.17, 15) is 13.2 Å². The Morgan fingerprint density at radius 3 is 2.68 bits per heavy atom. The lowest BCUT2D eigenvalue weighted by Crippen LogP contribution is -2.42. The van der Waals surface area contributed by atoms with Crippen LogP contribution in [-0.4, -0.2) is 56.5 Å². The Bertz CT molecular complexity index is 391. The van der Waals surface area contributed by atoms with Crippen LogP contribution in [-0.2, 0) is 19.4 Å². The molecule has 1 heterocycles. The molecule has 0 radical (unpaired) electrons. The fourth-order valence-corrected chi connectivity index (χ4v) is 3.19. The van der Waals surface area contributed by atoms with E-state index < -0.39 is 9.84 Å². The second-order valence-electron chi connectivity index (χ2n) is 5.31. The maximum Gasteiger partial charge on any atom is 0.310 e. The van der Waals surface area contributed by atoms with E-state index in [1.165, 1.54) is 0 Å². The molecule has 1 atom stereocenters. The van der Waals surface area contributed by atoms with Crippen LogP contribution in [0.3, 0.4) is 0 Å². The molecule has 0 unspecified atom stereocenters. The molecule has 0 aromatic heterocycles. The first-order chi connectivity index (χ1) is 8.86. The van der Waals surface area contributed by atoms with E-state index in [2.05, 4.69) is 4.90 Å². The van der Waals surface area contributed by atoms with Gasteiger partial charge >= 0.3 is 5.97 Å². The summed E-state index contributed by atoms with van der Waals surface area (Å²) in [5.41, 5.74) is 0. The number of sulfone groups is 1. The van der Waals surface area contributed by atoms with Gasteiger partial charge in [0.05, 0.1) is 23.5 Å². The molecule has 0 spiro atoms. The first-order valence-electron chi connectivity index (χ1n) is 6.97. The highest BCUT2D eigenvalue weighted by molar-refractivity contribution is 7.92. The molecule has 0 N–H and O–H groups in total. The lowest BCUT2D eigenvalue weighted by Gasteiger charge is -2.31. The Morgan fingerprint density at radius 2 is 2.11 bits per heavy atom. The van der Waals surface area contributed by atoms with Crippen LogP contribution in [0.5, 0.6) is 0 Å². The fourth-order valence-electron chi connectivity index (χ4n) is 2.20. The first kappa shape index (κ1) is 16.4. The number of carbonyl (C=O) groups is 1. The topological polar surface area (TPSA) is 63.7 Å². The molecule has 112 valence electrons. The number of likely N-dealkylation sites (tertiary alicyclic amines) is 1. The molecule has 0 aromatic carbocycles. The normalized spacial score (nSPS) is 21.6. The third kappa shape index (κ3) is 5.10. The largest absolute Gasteiger partial charge is 0.466 e. The average Bonchev–Trinajstić information content (AvgIpc) is 2.37. The van der Waals surface area contributed by atoms with Gasteiger partial charge in [0.25, 0.3) is 0 Å². The lowest BCUT2D eigenvalue weighted by atomic mass is 9.98. The third-order valence-electron chi connectivity index (χ3n) is 3.54. The highest BCUT2D eigenvalue weighted by atomic mass is 32.2. The molecule has 1 aliphatic rings. The molecule has 0 aromatic rings. The van der Waals surface area contributed by atoms with Crippen molar-refractivity contribution in [1.82, 2.24) is 4.90 Å². The van der Waals surface area contributed by atoms with Gasteiger partial charge in [0.2, 0.25) is 0 Å². The van der Waals surface area contributed by atoms with Crippen LogP contribution in [0.1, 0.15) is 33.6 Å². The molecular weight excluding hydrogens is 266 g/mol. The summed E-state index contributed by atoms with van der Waals surface area (Å²) in [6.07, 6.45) is 1.76. The zero-order chi connectivity index (χ0) is 14.5. The van der Waals surface area contributed by atoms with Crippen LogP contribution >= 0.6 is 0 Å². The molecule has 1 aliphatic heterocycles. The zero-order valence-electron chi connectivity index (χ0n) is 12.1. The molecule has 0 bridgehead atoms. The molecular formula is C13H25NO4S. The molecule has 1 rings (SSSR count). The Morgan fingerprint density at radius 1 is 1.42 bits per heavy atom. The summed E-state index contributed by atoms with van der Waals surface area (Å²) in [5.74, 6) is -0.0883. The van der Waals surface area contributed by atoms with Crippen molar-refractivity contribution in [1.29, 1.82) is 0 Å². The van der Waals surface area contributed by atoms with Crippen molar-refractivity contribution in [3.05, 3.63) is 0 Å². The summed E-state index contributed by atoms with van der Waals surface area (Å²) in [4.78, 5) is 13.7. The van der Waals surface area contributed by atoms with Crippen LogP contribution in [0.4, 0.5) is 0 Å². The van der Waals surface area contributed by atoms with Gasteiger partial charge in [-0.3, -0.25) is 4.79 Å². The standard InChI is InChI=1S/C13H25NO4S/c1-4-18-13(15)12-6-5-7-14(10-12)8-9-19(16,17)11(2)3/h11-12H,4-10H2,1-3H3/t12-/m1/s1. The maximum atomic E-state index is 11.8. The number of hydrogen-bond acceptors (Lipinski definition) is 5. The second-order valence-corrected chi connectivity index (χ2v) is 7.98. The van der Waals surface area contributed by atoms with Crippen molar-refractivity contribution in [2.75, 3.05) is 32.0 Å². The Labute approximate surface area is 116 Å². The van der Waals surface area contributed by atoms with Crippen LogP contribution in [0.2, 0.25) is 0 Å². The van der Waals surface area contributed by atoms with Gasteiger partial charge in [-0.25, -0.2) is 8.42 Å². The number of esters is 1. The molecule has 0 saturated carbocycles. The highest BCUT2D eigenvalue weighted by Gasteiger charge is 2.27. The van der Waals surface area contributed by atoms with Gasteiger partial charge in [-0.2, -0.15) is 0 Å². The zero-order valence-corrected chi connectivity index (χ0v) is 12.9. The van der Waals surface area contributed by atoms with Gasteiger partial charge in [-0.15, -0.1) is 0 Å². The maximum absolute atomic E-state index is 11.8. The van der Waals surface area contributed by atoms with Crippen molar-refractivity contribution >= 4 is 15.8 Å². The van der Waals surface area contributed by atoms with Gasteiger partial charge in [-0.05, 0) is 40.2 Å². The van der Waals surface area contributed by atoms with Crippen molar-refractivity contribution in [3.63, 3.8) is 0 Å². The third-order valence-corrected chi connectivity index (χ3v) is 5.72. The molecule has 6 heteroatoms. The number of carbonyl (C=O) groups excluding carboxylic acids is 1. The molecule has 0 amide bonds. The smallest absolute Gasteiger partial charge is 0.310 e. The minimum absolute atomic E-state index is 0.101. The lowest BCUT2D eigenvalue weighted by molar-refractivity contribution is -0.149. The first-order valence-corrected chi connectivity index (χ1v) is 8.69. The van der Waals surface area contributed by atoms with Crippen LogP contribution in [0, 0.1) is 5.92 Å². The molecule has 19 heavy (non-hydrogen) atoms. The summed E-state index contributed by atoms with van der Waals surface area (Å²) in [6.45, 7) is 7.59. The summed E-state index contributed by atoms with van der Waals surface area (Å²) in [7, 11) is -3.00. The van der Waals surface area contributed by atoms with Gasteiger partial charge in [-0.1, -0.05) is 0 Å².